The van der Waals surface area contributed by atoms with Crippen molar-refractivity contribution in [1.29, 1.82) is 0 Å². The van der Waals surface area contributed by atoms with Gasteiger partial charge in [-0.25, -0.2) is 9.97 Å². The second-order valence-corrected chi connectivity index (χ2v) is 10.2. The van der Waals surface area contributed by atoms with Gasteiger partial charge in [0.15, 0.2) is 0 Å². The molecule has 8 heteroatoms. The zero-order valence-electron chi connectivity index (χ0n) is 16.5. The maximum Gasteiger partial charge on any atom is 0.229 e. The second kappa shape index (κ2) is 8.63. The van der Waals surface area contributed by atoms with E-state index in [1.807, 2.05) is 22.9 Å². The summed E-state index contributed by atoms with van der Waals surface area (Å²) in [5.41, 5.74) is 1.27. The molecular formula is C21H27IN4O2S. The number of carbonyl (C=O) groups excluding carboxylic acids is 1. The zero-order chi connectivity index (χ0) is 19.8. The lowest BCUT2D eigenvalue weighted by atomic mass is 9.92. The smallest absolute Gasteiger partial charge is 0.229 e. The SMILES string of the molecule is O=C(C[C@H]1CCc2sc3ncnc(O[C@H]4CC[C@H](N5CCCC5)CC4)c3c21)NI. The summed E-state index contributed by atoms with van der Waals surface area (Å²) in [6, 6.07) is 0.740. The van der Waals surface area contributed by atoms with Gasteiger partial charge in [0, 0.05) is 17.3 Å². The Bertz CT molecular complexity index is 890. The minimum Gasteiger partial charge on any atom is -0.474 e. The molecule has 0 bridgehead atoms. The summed E-state index contributed by atoms with van der Waals surface area (Å²) in [5.74, 6) is 1.06. The average molecular weight is 526 g/mol. The number of likely N-dealkylation sites (tertiary alicyclic amines) is 1. The third-order valence-electron chi connectivity index (χ3n) is 6.81. The standard InChI is InChI=1S/C21H27IN4O2S/c22-25-17(27)11-13-3-8-16-18(13)19-20(23-12-24-21(19)29-16)28-15-6-4-14(5-7-15)26-9-1-2-10-26/h12-15H,1-11H2,(H,25,27)/t13-,14-,15-/m1/s1. The van der Waals surface area contributed by atoms with Gasteiger partial charge in [-0.15, -0.1) is 11.3 Å². The number of hydrogen-bond donors (Lipinski definition) is 1. The number of thiophene rings is 1. The van der Waals surface area contributed by atoms with Gasteiger partial charge in [0.25, 0.3) is 0 Å². The Morgan fingerprint density at radius 1 is 1.21 bits per heavy atom. The van der Waals surface area contributed by atoms with E-state index in [0.29, 0.717) is 6.42 Å². The zero-order valence-corrected chi connectivity index (χ0v) is 19.5. The summed E-state index contributed by atoms with van der Waals surface area (Å²) < 4.78 is 9.22. The third kappa shape index (κ3) is 3.99. The van der Waals surface area contributed by atoms with E-state index in [0.717, 1.165) is 47.8 Å². The van der Waals surface area contributed by atoms with Crippen molar-refractivity contribution >= 4 is 50.3 Å². The number of aromatic nitrogens is 2. The number of amides is 1. The molecule has 0 aromatic carbocycles. The Morgan fingerprint density at radius 2 is 2.00 bits per heavy atom. The van der Waals surface area contributed by atoms with Crippen molar-refractivity contribution in [1.82, 2.24) is 18.4 Å². The van der Waals surface area contributed by atoms with Crippen molar-refractivity contribution in [3.63, 3.8) is 0 Å². The van der Waals surface area contributed by atoms with Gasteiger partial charge < -0.3 is 9.64 Å². The number of aryl methyl sites for hydroxylation is 1. The van der Waals surface area contributed by atoms with Crippen LogP contribution in [0.5, 0.6) is 5.88 Å². The summed E-state index contributed by atoms with van der Waals surface area (Å²) in [4.78, 5) is 26.1. The van der Waals surface area contributed by atoms with Crippen LogP contribution in [0.4, 0.5) is 0 Å². The topological polar surface area (TPSA) is 67.3 Å². The number of rotatable bonds is 5. The van der Waals surface area contributed by atoms with Crippen LogP contribution in [0.1, 0.15) is 67.7 Å². The van der Waals surface area contributed by atoms with Crippen LogP contribution in [0.2, 0.25) is 0 Å². The molecule has 6 nitrogen and oxygen atoms in total. The normalized spacial score (nSPS) is 27.3. The molecule has 3 heterocycles. The molecule has 2 aromatic heterocycles. The molecule has 0 unspecified atom stereocenters. The maximum atomic E-state index is 12.0. The molecule has 2 aliphatic carbocycles. The molecule has 2 aromatic rings. The average Bonchev–Trinajstić information content (AvgIpc) is 3.46. The molecule has 5 rings (SSSR count). The van der Waals surface area contributed by atoms with E-state index in [4.69, 9.17) is 4.74 Å². The molecule has 29 heavy (non-hydrogen) atoms. The number of fused-ring (bicyclic) bond motifs is 3. The molecule has 2 fully saturated rings. The van der Waals surface area contributed by atoms with Crippen LogP contribution in [0.3, 0.4) is 0 Å². The van der Waals surface area contributed by atoms with Crippen LogP contribution in [-0.2, 0) is 11.2 Å². The highest BCUT2D eigenvalue weighted by Crippen LogP contribution is 2.47. The lowest BCUT2D eigenvalue weighted by Crippen LogP contribution is -2.38. The first-order chi connectivity index (χ1) is 14.2. The fourth-order valence-electron chi connectivity index (χ4n) is 5.39. The van der Waals surface area contributed by atoms with Crippen molar-refractivity contribution in [3.05, 3.63) is 16.8 Å². The highest BCUT2D eigenvalue weighted by molar-refractivity contribution is 14.1. The van der Waals surface area contributed by atoms with E-state index < -0.39 is 0 Å². The van der Waals surface area contributed by atoms with E-state index in [2.05, 4.69) is 18.4 Å². The van der Waals surface area contributed by atoms with Crippen LogP contribution in [0, 0.1) is 0 Å². The molecule has 1 amide bonds. The van der Waals surface area contributed by atoms with Gasteiger partial charge in [-0.1, -0.05) is 0 Å². The van der Waals surface area contributed by atoms with Crippen LogP contribution in [-0.4, -0.2) is 46.0 Å². The summed E-state index contributed by atoms with van der Waals surface area (Å²) in [7, 11) is 0. The molecular weight excluding hydrogens is 499 g/mol. The number of nitrogens with one attached hydrogen (secondary N) is 1. The second-order valence-electron chi connectivity index (χ2n) is 8.55. The van der Waals surface area contributed by atoms with Gasteiger partial charge in [-0.05, 0) is 75.9 Å². The molecule has 0 radical (unpaired) electrons. The van der Waals surface area contributed by atoms with E-state index in [1.165, 1.54) is 49.2 Å². The Labute approximate surface area is 189 Å². The molecule has 0 spiro atoms. The highest BCUT2D eigenvalue weighted by atomic mass is 127. The first-order valence-corrected chi connectivity index (χ1v) is 12.7. The predicted octanol–water partition coefficient (Wildman–Crippen LogP) is 4.36. The van der Waals surface area contributed by atoms with E-state index in [-0.39, 0.29) is 17.9 Å². The Balaban J connectivity index is 1.34. The van der Waals surface area contributed by atoms with Crippen LogP contribution in [0.15, 0.2) is 6.33 Å². The largest absolute Gasteiger partial charge is 0.474 e. The van der Waals surface area contributed by atoms with Crippen molar-refractivity contribution in [3.8, 4) is 5.88 Å². The van der Waals surface area contributed by atoms with Crippen LogP contribution < -0.4 is 8.27 Å². The van der Waals surface area contributed by atoms with Crippen molar-refractivity contribution in [2.45, 2.75) is 75.9 Å². The van der Waals surface area contributed by atoms with Gasteiger partial charge in [-0.3, -0.25) is 8.32 Å². The first kappa shape index (κ1) is 19.9. The molecule has 3 aliphatic rings. The van der Waals surface area contributed by atoms with Gasteiger partial charge >= 0.3 is 0 Å². The van der Waals surface area contributed by atoms with Crippen molar-refractivity contribution < 1.29 is 9.53 Å². The molecule has 1 saturated heterocycles. The van der Waals surface area contributed by atoms with E-state index >= 15 is 0 Å². The summed E-state index contributed by atoms with van der Waals surface area (Å²) in [6.45, 7) is 2.55. The summed E-state index contributed by atoms with van der Waals surface area (Å²) in [6.07, 6.45) is 11.8. The lowest BCUT2D eigenvalue weighted by Gasteiger charge is -2.34. The molecule has 1 N–H and O–H groups in total. The number of nitrogens with zero attached hydrogens (tertiary/aromatic N) is 3. The minimum atomic E-state index is 0.0855. The van der Waals surface area contributed by atoms with Crippen molar-refractivity contribution in [2.24, 2.45) is 0 Å². The van der Waals surface area contributed by atoms with Gasteiger partial charge in [-0.2, -0.15) is 0 Å². The molecule has 1 aliphatic heterocycles. The number of ether oxygens (including phenoxy) is 1. The van der Waals surface area contributed by atoms with Gasteiger partial charge in [0.1, 0.15) is 17.3 Å². The molecule has 1 atom stereocenters. The third-order valence-corrected chi connectivity index (χ3v) is 8.59. The predicted molar refractivity (Wildman–Crippen MR) is 123 cm³/mol. The lowest BCUT2D eigenvalue weighted by molar-refractivity contribution is -0.119. The Kier molecular flexibility index (Phi) is 5.93. The summed E-state index contributed by atoms with van der Waals surface area (Å²) >= 11 is 3.67. The first-order valence-electron chi connectivity index (χ1n) is 10.8. The van der Waals surface area contributed by atoms with Gasteiger partial charge in [0.2, 0.25) is 11.8 Å². The number of hydrogen-bond acceptors (Lipinski definition) is 6. The van der Waals surface area contributed by atoms with Crippen LogP contribution in [0.25, 0.3) is 10.2 Å². The fourth-order valence-corrected chi connectivity index (χ4v) is 6.84. The Hall–Kier alpha value is -1.00. The summed E-state index contributed by atoms with van der Waals surface area (Å²) in [5, 5.41) is 1.07. The fraction of sp³-hybridized carbons (Fsp3) is 0.667. The van der Waals surface area contributed by atoms with Gasteiger partial charge in [0.05, 0.1) is 28.3 Å². The number of carbonyl (C=O) groups is 1. The van der Waals surface area contributed by atoms with E-state index in [1.54, 1.807) is 17.7 Å². The maximum absolute atomic E-state index is 12.0. The van der Waals surface area contributed by atoms with E-state index in [9.17, 15) is 4.79 Å². The Morgan fingerprint density at radius 3 is 2.76 bits per heavy atom. The van der Waals surface area contributed by atoms with Crippen molar-refractivity contribution in [2.75, 3.05) is 13.1 Å². The quantitative estimate of drug-likeness (QED) is 0.463. The molecule has 156 valence electrons. The monoisotopic (exact) mass is 526 g/mol. The van der Waals surface area contributed by atoms with Crippen LogP contribution >= 0.6 is 34.2 Å². The minimum absolute atomic E-state index is 0.0855. The highest BCUT2D eigenvalue weighted by Gasteiger charge is 2.33. The number of halogens is 1. The molecule has 1 saturated carbocycles.